The molecule has 0 aliphatic heterocycles. The van der Waals surface area contributed by atoms with Crippen LogP contribution in [0.4, 0.5) is 0 Å². The molecule has 0 bridgehead atoms. The lowest BCUT2D eigenvalue weighted by Crippen LogP contribution is -2.29. The Morgan fingerprint density at radius 3 is 2.67 bits per heavy atom. The minimum absolute atomic E-state index is 0.0265. The molecule has 0 saturated heterocycles. The molecule has 4 nitrogen and oxygen atoms in total. The molecule has 0 atom stereocenters. The number of nitrogens with zero attached hydrogens (tertiary/aromatic N) is 2. The van der Waals surface area contributed by atoms with E-state index in [9.17, 15) is 4.79 Å². The van der Waals surface area contributed by atoms with Crippen molar-refractivity contribution in [1.82, 2.24) is 9.88 Å². The molecule has 0 radical (unpaired) electrons. The van der Waals surface area contributed by atoms with Gasteiger partial charge in [0.05, 0.1) is 6.61 Å². The zero-order chi connectivity index (χ0) is 15.1. The monoisotopic (exact) mass is 302 g/mol. The van der Waals surface area contributed by atoms with E-state index in [0.29, 0.717) is 12.1 Å². The number of hydrogen-bond acceptors (Lipinski definition) is 4. The van der Waals surface area contributed by atoms with Gasteiger partial charge in [0.1, 0.15) is 0 Å². The summed E-state index contributed by atoms with van der Waals surface area (Å²) in [6.07, 6.45) is 3.62. The number of hydrogen-bond donors (Lipinski definition) is 1. The average Bonchev–Trinajstić information content (AvgIpc) is 2.54. The van der Waals surface area contributed by atoms with E-state index in [2.05, 4.69) is 4.98 Å². The number of carbonyl (C=O) groups is 1. The highest BCUT2D eigenvalue weighted by molar-refractivity contribution is 7.98. The van der Waals surface area contributed by atoms with Crippen LogP contribution >= 0.6 is 11.8 Å². The van der Waals surface area contributed by atoms with E-state index in [1.807, 2.05) is 42.6 Å². The molecule has 0 saturated carbocycles. The first-order chi connectivity index (χ1) is 10.2. The summed E-state index contributed by atoms with van der Waals surface area (Å²) in [5.74, 6) is 0.777. The third-order valence-corrected chi connectivity index (χ3v) is 4.09. The van der Waals surface area contributed by atoms with Crippen LogP contribution in [0.25, 0.3) is 0 Å². The summed E-state index contributed by atoms with van der Waals surface area (Å²) < 4.78 is 0. The van der Waals surface area contributed by atoms with Crippen LogP contribution in [0.15, 0.2) is 53.7 Å². The van der Waals surface area contributed by atoms with Gasteiger partial charge in [0.15, 0.2) is 0 Å². The number of thioether (sulfide) groups is 1. The van der Waals surface area contributed by atoms with Gasteiger partial charge < -0.3 is 10.0 Å². The fourth-order valence-corrected chi connectivity index (χ4v) is 2.65. The summed E-state index contributed by atoms with van der Waals surface area (Å²) in [5, 5.41) is 8.85. The quantitative estimate of drug-likeness (QED) is 0.833. The Labute approximate surface area is 128 Å². The molecule has 2 rings (SSSR count). The summed E-state index contributed by atoms with van der Waals surface area (Å²) in [4.78, 5) is 18.7. The van der Waals surface area contributed by atoms with Crippen molar-refractivity contribution in [3.05, 3.63) is 59.9 Å². The fraction of sp³-hybridized carbons (Fsp3) is 0.250. The van der Waals surface area contributed by atoms with E-state index >= 15 is 0 Å². The second-order valence-electron chi connectivity index (χ2n) is 4.62. The minimum atomic E-state index is -0.0761. The number of benzene rings is 1. The first kappa shape index (κ1) is 15.5. The van der Waals surface area contributed by atoms with Crippen LogP contribution in [-0.4, -0.2) is 41.1 Å². The van der Waals surface area contributed by atoms with Gasteiger partial charge >= 0.3 is 0 Å². The van der Waals surface area contributed by atoms with Crippen LogP contribution in [0.3, 0.4) is 0 Å². The standard InChI is InChI=1S/C16H18N2O2S/c1-18(9-10-19)16(20)14-4-6-15(7-5-14)21-12-13-3-2-8-17-11-13/h2-8,11,19H,9-10,12H2,1H3. The fourth-order valence-electron chi connectivity index (χ4n) is 1.82. The van der Waals surface area contributed by atoms with Crippen molar-refractivity contribution in [2.24, 2.45) is 0 Å². The van der Waals surface area contributed by atoms with Gasteiger partial charge in [-0.2, -0.15) is 0 Å². The maximum absolute atomic E-state index is 12.0. The number of pyridine rings is 1. The van der Waals surface area contributed by atoms with Gasteiger partial charge in [0.25, 0.3) is 5.91 Å². The zero-order valence-corrected chi connectivity index (χ0v) is 12.7. The number of aromatic nitrogens is 1. The van der Waals surface area contributed by atoms with E-state index < -0.39 is 0 Å². The van der Waals surface area contributed by atoms with Gasteiger partial charge in [0, 0.05) is 42.2 Å². The highest BCUT2D eigenvalue weighted by Crippen LogP contribution is 2.22. The Kier molecular flexibility index (Phi) is 5.78. The molecule has 5 heteroatoms. The average molecular weight is 302 g/mol. The van der Waals surface area contributed by atoms with Crippen LogP contribution in [0.2, 0.25) is 0 Å². The van der Waals surface area contributed by atoms with E-state index in [4.69, 9.17) is 5.11 Å². The molecule has 1 heterocycles. The van der Waals surface area contributed by atoms with Crippen molar-refractivity contribution in [3.8, 4) is 0 Å². The summed E-state index contributed by atoms with van der Waals surface area (Å²) in [6.45, 7) is 0.317. The molecule has 1 aromatic carbocycles. The van der Waals surface area contributed by atoms with Gasteiger partial charge in [-0.1, -0.05) is 6.07 Å². The second kappa shape index (κ2) is 7.81. The zero-order valence-electron chi connectivity index (χ0n) is 11.9. The van der Waals surface area contributed by atoms with Gasteiger partial charge in [-0.3, -0.25) is 9.78 Å². The highest BCUT2D eigenvalue weighted by Gasteiger charge is 2.10. The molecular weight excluding hydrogens is 284 g/mol. The Morgan fingerprint density at radius 1 is 1.29 bits per heavy atom. The summed E-state index contributed by atoms with van der Waals surface area (Å²) >= 11 is 1.71. The maximum Gasteiger partial charge on any atom is 0.253 e. The molecule has 1 amide bonds. The summed E-state index contributed by atoms with van der Waals surface area (Å²) in [7, 11) is 1.68. The number of rotatable bonds is 6. The predicted octanol–water partition coefficient (Wildman–Crippen LogP) is 2.44. The maximum atomic E-state index is 12.0. The second-order valence-corrected chi connectivity index (χ2v) is 5.67. The SMILES string of the molecule is CN(CCO)C(=O)c1ccc(SCc2cccnc2)cc1. The summed E-state index contributed by atoms with van der Waals surface area (Å²) in [5.41, 5.74) is 1.81. The van der Waals surface area contributed by atoms with Gasteiger partial charge in [-0.15, -0.1) is 11.8 Å². The molecular formula is C16H18N2O2S. The smallest absolute Gasteiger partial charge is 0.253 e. The van der Waals surface area contributed by atoms with Crippen molar-refractivity contribution in [3.63, 3.8) is 0 Å². The molecule has 0 spiro atoms. The Hall–Kier alpha value is -1.85. The number of aliphatic hydroxyl groups is 1. The molecule has 110 valence electrons. The van der Waals surface area contributed by atoms with Crippen LogP contribution in [0.1, 0.15) is 15.9 Å². The molecule has 21 heavy (non-hydrogen) atoms. The molecule has 0 aliphatic carbocycles. The topological polar surface area (TPSA) is 53.4 Å². The van der Waals surface area contributed by atoms with Gasteiger partial charge in [-0.25, -0.2) is 0 Å². The van der Waals surface area contributed by atoms with Crippen molar-refractivity contribution in [2.45, 2.75) is 10.6 Å². The minimum Gasteiger partial charge on any atom is -0.395 e. The van der Waals surface area contributed by atoms with Crippen molar-refractivity contribution in [2.75, 3.05) is 20.2 Å². The third-order valence-electron chi connectivity index (χ3n) is 3.01. The number of likely N-dealkylation sites (N-methyl/N-ethyl adjacent to an activating group) is 1. The largest absolute Gasteiger partial charge is 0.395 e. The summed E-state index contributed by atoms with van der Waals surface area (Å²) in [6, 6.07) is 11.5. The molecule has 1 N–H and O–H groups in total. The normalized spacial score (nSPS) is 10.4. The number of carbonyl (C=O) groups excluding carboxylic acids is 1. The Bertz CT molecular complexity index is 573. The van der Waals surface area contributed by atoms with Crippen LogP contribution < -0.4 is 0 Å². The lowest BCUT2D eigenvalue weighted by Gasteiger charge is -2.15. The van der Waals surface area contributed by atoms with Crippen LogP contribution in [0, 0.1) is 0 Å². The Morgan fingerprint density at radius 2 is 2.05 bits per heavy atom. The van der Waals surface area contributed by atoms with E-state index in [1.54, 1.807) is 25.0 Å². The van der Waals surface area contributed by atoms with Crippen molar-refractivity contribution in [1.29, 1.82) is 0 Å². The number of amides is 1. The highest BCUT2D eigenvalue weighted by atomic mass is 32.2. The van der Waals surface area contributed by atoms with Crippen molar-refractivity contribution < 1.29 is 9.90 Å². The van der Waals surface area contributed by atoms with Crippen LogP contribution in [0.5, 0.6) is 0 Å². The molecule has 0 aliphatic rings. The lowest BCUT2D eigenvalue weighted by molar-refractivity contribution is 0.0767. The van der Waals surface area contributed by atoms with Gasteiger partial charge in [0.2, 0.25) is 0 Å². The molecule has 0 unspecified atom stereocenters. The molecule has 0 fully saturated rings. The first-order valence-electron chi connectivity index (χ1n) is 6.69. The van der Waals surface area contributed by atoms with Gasteiger partial charge in [-0.05, 0) is 35.9 Å². The van der Waals surface area contributed by atoms with E-state index in [0.717, 1.165) is 10.6 Å². The van der Waals surface area contributed by atoms with Crippen molar-refractivity contribution >= 4 is 17.7 Å². The molecule has 2 aromatic rings. The van der Waals surface area contributed by atoms with Crippen LogP contribution in [-0.2, 0) is 5.75 Å². The number of aliphatic hydroxyl groups excluding tert-OH is 1. The lowest BCUT2D eigenvalue weighted by atomic mass is 10.2. The van der Waals surface area contributed by atoms with E-state index in [1.165, 1.54) is 10.5 Å². The predicted molar refractivity (Wildman–Crippen MR) is 84.3 cm³/mol. The Balaban J connectivity index is 1.94. The van der Waals surface area contributed by atoms with E-state index in [-0.39, 0.29) is 12.5 Å². The first-order valence-corrected chi connectivity index (χ1v) is 7.67. The third kappa shape index (κ3) is 4.58. The molecule has 1 aromatic heterocycles.